The van der Waals surface area contributed by atoms with Crippen LogP contribution in [0.4, 0.5) is 0 Å². The van der Waals surface area contributed by atoms with Crippen LogP contribution in [-0.2, 0) is 19.3 Å². The number of hydroxylamine groups is 2. The van der Waals surface area contributed by atoms with Gasteiger partial charge in [0.05, 0.1) is 39.3 Å². The van der Waals surface area contributed by atoms with Crippen LogP contribution in [0.1, 0.15) is 53.4 Å². The zero-order valence-electron chi connectivity index (χ0n) is 29.6. The van der Waals surface area contributed by atoms with Crippen molar-refractivity contribution < 1.29 is 39.0 Å². The molecule has 0 unspecified atom stereocenters. The summed E-state index contributed by atoms with van der Waals surface area (Å²) in [5.41, 5.74) is 27.3. The number of nitrogens with two attached hydrogens (primary N) is 4. The van der Waals surface area contributed by atoms with Crippen LogP contribution < -0.4 is 43.4 Å². The Bertz CT molecular complexity index is 1320. The van der Waals surface area contributed by atoms with Gasteiger partial charge in [-0.15, -0.1) is 0 Å². The van der Waals surface area contributed by atoms with Crippen molar-refractivity contribution in [1.82, 2.24) is 11.0 Å². The zero-order chi connectivity index (χ0) is 39.3. The highest BCUT2D eigenvalue weighted by molar-refractivity contribution is 6.30. The van der Waals surface area contributed by atoms with E-state index in [2.05, 4.69) is 30.9 Å². The molecule has 20 heteroatoms. The molecular weight excluding hydrogens is 723 g/mol. The molecule has 52 heavy (non-hydrogen) atoms. The van der Waals surface area contributed by atoms with Crippen LogP contribution in [0.15, 0.2) is 68.5 Å². The Morgan fingerprint density at radius 2 is 0.962 bits per heavy atom. The minimum Gasteiger partial charge on any atom is -0.494 e. The summed E-state index contributed by atoms with van der Waals surface area (Å²) in [5.74, 6) is -0.308. The van der Waals surface area contributed by atoms with Gasteiger partial charge in [-0.2, -0.15) is 9.98 Å². The second-order valence-electron chi connectivity index (χ2n) is 10.7. The molecule has 0 aliphatic rings. The molecule has 0 aliphatic carbocycles. The number of nitrogens with zero attached hydrogens (tertiary/aromatic N) is 4. The minimum absolute atomic E-state index is 0.0560. The fourth-order valence-corrected chi connectivity index (χ4v) is 3.30. The van der Waals surface area contributed by atoms with Gasteiger partial charge in [-0.25, -0.2) is 20.9 Å². The van der Waals surface area contributed by atoms with E-state index in [0.29, 0.717) is 49.3 Å². The van der Waals surface area contributed by atoms with E-state index in [1.165, 1.54) is 0 Å². The highest BCUT2D eigenvalue weighted by Crippen LogP contribution is 2.16. The van der Waals surface area contributed by atoms with Crippen molar-refractivity contribution in [2.45, 2.75) is 65.5 Å². The monoisotopic (exact) mass is 772 g/mol. The Morgan fingerprint density at radius 1 is 0.635 bits per heavy atom. The molecule has 0 fully saturated rings. The van der Waals surface area contributed by atoms with Crippen LogP contribution >= 0.6 is 23.2 Å². The maximum absolute atomic E-state index is 9.64. The molecule has 0 spiro atoms. The lowest BCUT2D eigenvalue weighted by atomic mass is 10.3. The lowest BCUT2D eigenvalue weighted by molar-refractivity contribution is -0.143. The second kappa shape index (κ2) is 28.6. The molecule has 2 aromatic rings. The van der Waals surface area contributed by atoms with Crippen LogP contribution in [0.2, 0.25) is 10.0 Å². The molecule has 2 aromatic carbocycles. The highest BCUT2D eigenvalue weighted by Gasteiger charge is 2.01. The molecule has 0 aliphatic heterocycles. The van der Waals surface area contributed by atoms with Gasteiger partial charge >= 0.3 is 11.9 Å². The van der Waals surface area contributed by atoms with Crippen molar-refractivity contribution >= 4 is 59.0 Å². The van der Waals surface area contributed by atoms with E-state index in [0.717, 1.165) is 11.5 Å². The van der Waals surface area contributed by atoms with E-state index in [9.17, 15) is 9.59 Å². The lowest BCUT2D eigenvalue weighted by Crippen LogP contribution is -2.34. The third-order valence-electron chi connectivity index (χ3n) is 5.10. The topological polar surface area (TPSA) is 289 Å². The summed E-state index contributed by atoms with van der Waals surface area (Å²) in [6.07, 6.45) is 0.765. The van der Waals surface area contributed by atoms with Crippen molar-refractivity contribution in [1.29, 1.82) is 0 Å². The number of carbonyl (C=O) groups is 2. The number of nitrogens with one attached hydrogen (secondary N) is 2. The first kappa shape index (κ1) is 47.0. The average Bonchev–Trinajstić information content (AvgIpc) is 3.04. The number of rotatable bonds is 17. The summed E-state index contributed by atoms with van der Waals surface area (Å²) in [7, 11) is 0. The molecule has 0 aromatic heterocycles. The number of aliphatic carboxylic acids is 2. The van der Waals surface area contributed by atoms with E-state index in [1.54, 1.807) is 24.3 Å². The van der Waals surface area contributed by atoms with Crippen LogP contribution in [0.25, 0.3) is 0 Å². The van der Waals surface area contributed by atoms with E-state index >= 15 is 0 Å². The van der Waals surface area contributed by atoms with Gasteiger partial charge in [-0.05, 0) is 76.2 Å². The van der Waals surface area contributed by atoms with Gasteiger partial charge in [0.1, 0.15) is 11.5 Å². The normalized spacial score (nSPS) is 11.9. The highest BCUT2D eigenvalue weighted by atomic mass is 35.5. The maximum atomic E-state index is 9.64. The van der Waals surface area contributed by atoms with Gasteiger partial charge in [0.2, 0.25) is 23.8 Å². The Morgan fingerprint density at radius 3 is 1.25 bits per heavy atom. The number of benzene rings is 2. The van der Waals surface area contributed by atoms with Crippen LogP contribution in [-0.4, -0.2) is 84.5 Å². The Kier molecular flexibility index (Phi) is 25.9. The van der Waals surface area contributed by atoms with Crippen molar-refractivity contribution in [3.63, 3.8) is 0 Å². The summed E-state index contributed by atoms with van der Waals surface area (Å²) in [4.78, 5) is 45.3. The number of hydrogen-bond donors (Lipinski definition) is 8. The molecule has 290 valence electrons. The first-order valence-corrected chi connectivity index (χ1v) is 16.6. The summed E-state index contributed by atoms with van der Waals surface area (Å²) in [6.45, 7) is 9.41. The SMILES string of the molecule is CC(C)N=C(N)N=C(N)NOCCCOc1ccc(Cl)cc1.CC(C)N=C(N)N=C(N)NOCCCOc1ccc(Cl)cc1.O=C(O)CCC(=O)O. The molecule has 0 atom stereocenters. The largest absolute Gasteiger partial charge is 0.494 e. The number of aliphatic imine (C=N–C) groups is 4. The van der Waals surface area contributed by atoms with E-state index < -0.39 is 11.9 Å². The summed E-state index contributed by atoms with van der Waals surface area (Å²) in [5, 5.41) is 17.1. The van der Waals surface area contributed by atoms with E-state index in [4.69, 9.17) is 75.5 Å². The molecule has 0 radical (unpaired) electrons. The van der Waals surface area contributed by atoms with Gasteiger partial charge in [-0.1, -0.05) is 23.2 Å². The molecule has 0 amide bonds. The third kappa shape index (κ3) is 29.8. The van der Waals surface area contributed by atoms with Crippen LogP contribution in [0, 0.1) is 0 Å². The second-order valence-corrected chi connectivity index (χ2v) is 11.5. The van der Waals surface area contributed by atoms with Crippen LogP contribution in [0.5, 0.6) is 11.5 Å². The Hall–Kier alpha value is -5.04. The van der Waals surface area contributed by atoms with Crippen molar-refractivity contribution in [2.24, 2.45) is 42.9 Å². The first-order valence-electron chi connectivity index (χ1n) is 15.9. The van der Waals surface area contributed by atoms with Gasteiger partial charge < -0.3 is 42.6 Å². The predicted molar refractivity (Wildman–Crippen MR) is 203 cm³/mol. The minimum atomic E-state index is -1.08. The number of guanidine groups is 4. The van der Waals surface area contributed by atoms with Gasteiger partial charge in [0.25, 0.3) is 0 Å². The molecule has 18 nitrogen and oxygen atoms in total. The number of hydrogen-bond acceptors (Lipinski definition) is 8. The van der Waals surface area contributed by atoms with Crippen molar-refractivity contribution in [2.75, 3.05) is 26.4 Å². The fraction of sp³-hybridized carbons (Fsp3) is 0.438. The van der Waals surface area contributed by atoms with Gasteiger partial charge in [0, 0.05) is 35.0 Å². The number of halogens is 2. The number of carboxylic acids is 2. The first-order chi connectivity index (χ1) is 24.6. The Balaban J connectivity index is 0.000000829. The summed E-state index contributed by atoms with van der Waals surface area (Å²) in [6, 6.07) is 14.4. The lowest BCUT2D eigenvalue weighted by Gasteiger charge is -2.08. The molecular formula is C32H50Cl2N10O8. The predicted octanol–water partition coefficient (Wildman–Crippen LogP) is 3.27. The number of carboxylic acid groups (broad SMARTS) is 2. The molecule has 0 bridgehead atoms. The quantitative estimate of drug-likeness (QED) is 0.0496. The molecule has 0 saturated heterocycles. The van der Waals surface area contributed by atoms with Gasteiger partial charge in [0.15, 0.2) is 0 Å². The molecule has 12 N–H and O–H groups in total. The van der Waals surface area contributed by atoms with Crippen molar-refractivity contribution in [3.05, 3.63) is 58.6 Å². The van der Waals surface area contributed by atoms with E-state index in [1.807, 2.05) is 52.0 Å². The summed E-state index contributed by atoms with van der Waals surface area (Å²) >= 11 is 11.6. The third-order valence-corrected chi connectivity index (χ3v) is 5.61. The molecule has 2 rings (SSSR count). The van der Waals surface area contributed by atoms with Crippen LogP contribution in [0.3, 0.4) is 0 Å². The number of ether oxygens (including phenoxy) is 2. The fourth-order valence-electron chi connectivity index (χ4n) is 3.05. The van der Waals surface area contributed by atoms with Gasteiger partial charge in [-0.3, -0.25) is 19.3 Å². The smallest absolute Gasteiger partial charge is 0.303 e. The standard InChI is InChI=1S/2C14H22ClN5O2.C4H6O4/c2*1-10(2)18-13(16)19-14(17)20-22-9-3-8-21-12-6-4-11(15)5-7-12;5-3(6)1-2-4(7)8/h2*4-7,10H,3,8-9H2,1-2H3,(H5,16,17,18,19,20);1-2H2,(H,5,6)(H,7,8). The molecule has 0 heterocycles. The van der Waals surface area contributed by atoms with E-state index in [-0.39, 0.29) is 48.8 Å². The van der Waals surface area contributed by atoms with Crippen molar-refractivity contribution in [3.8, 4) is 11.5 Å². The summed E-state index contributed by atoms with van der Waals surface area (Å²) < 4.78 is 11.0. The average molecular weight is 774 g/mol. The Labute approximate surface area is 313 Å². The zero-order valence-corrected chi connectivity index (χ0v) is 31.1. The molecule has 0 saturated carbocycles. The maximum Gasteiger partial charge on any atom is 0.303 e.